The Kier molecular flexibility index (Phi) is 4.10. The number of rotatable bonds is 2. The smallest absolute Gasteiger partial charge is 0.331 e. The Bertz CT molecular complexity index is 349. The molecular formula is C9H17O8P. The summed E-state index contributed by atoms with van der Waals surface area (Å²) in [6.07, 6.45) is -6.93. The van der Waals surface area contributed by atoms with Gasteiger partial charge in [-0.2, -0.15) is 0 Å². The minimum Gasteiger partial charge on any atom is -0.388 e. The monoisotopic (exact) mass is 284 g/mol. The summed E-state index contributed by atoms with van der Waals surface area (Å²) < 4.78 is 21.2. The van der Waals surface area contributed by atoms with Gasteiger partial charge in [0.05, 0.1) is 18.4 Å². The van der Waals surface area contributed by atoms with Crippen LogP contribution in [-0.4, -0.2) is 68.3 Å². The van der Waals surface area contributed by atoms with Gasteiger partial charge in [-0.15, -0.1) is 0 Å². The molecule has 0 aromatic heterocycles. The minimum atomic E-state index is -3.72. The summed E-state index contributed by atoms with van der Waals surface area (Å²) in [6.45, 7) is 0.148. The van der Waals surface area contributed by atoms with Crippen LogP contribution in [0.3, 0.4) is 0 Å². The molecule has 0 spiro atoms. The van der Waals surface area contributed by atoms with Crippen LogP contribution in [0.25, 0.3) is 0 Å². The van der Waals surface area contributed by atoms with Gasteiger partial charge in [0.25, 0.3) is 0 Å². The van der Waals surface area contributed by atoms with E-state index < -0.39 is 44.0 Å². The molecule has 0 aromatic rings. The summed E-state index contributed by atoms with van der Waals surface area (Å²) in [5, 5.41) is 37.8. The predicted molar refractivity (Wildman–Crippen MR) is 57.7 cm³/mol. The standard InChI is InChI=1S/C9H17O8P/c10-6-5(17-9(13)8(12)7(6)11)3-4-1-2-16-18(4,14)15/h4-13H,1-3H2,(H,14,15)/t4?,5-,6-,7+,8+,9+/m1/s1. The first kappa shape index (κ1) is 14.4. The van der Waals surface area contributed by atoms with Crippen LogP contribution >= 0.6 is 7.60 Å². The van der Waals surface area contributed by atoms with Gasteiger partial charge < -0.3 is 34.6 Å². The van der Waals surface area contributed by atoms with Crippen molar-refractivity contribution in [1.82, 2.24) is 0 Å². The molecular weight excluding hydrogens is 267 g/mol. The Labute approximate surface area is 103 Å². The molecule has 2 fully saturated rings. The number of hydrogen-bond donors (Lipinski definition) is 5. The maximum atomic E-state index is 11.6. The molecule has 2 heterocycles. The molecule has 106 valence electrons. The first-order valence-electron chi connectivity index (χ1n) is 5.67. The fourth-order valence-electron chi connectivity index (χ4n) is 2.23. The molecule has 0 bridgehead atoms. The summed E-state index contributed by atoms with van der Waals surface area (Å²) in [4.78, 5) is 9.48. The highest BCUT2D eigenvalue weighted by Crippen LogP contribution is 2.55. The molecule has 0 aromatic carbocycles. The van der Waals surface area contributed by atoms with Crippen molar-refractivity contribution >= 4 is 7.60 Å². The Morgan fingerprint density at radius 3 is 2.33 bits per heavy atom. The van der Waals surface area contributed by atoms with Crippen LogP contribution in [0.15, 0.2) is 0 Å². The van der Waals surface area contributed by atoms with Gasteiger partial charge in [-0.1, -0.05) is 0 Å². The van der Waals surface area contributed by atoms with E-state index >= 15 is 0 Å². The lowest BCUT2D eigenvalue weighted by molar-refractivity contribution is -0.282. The van der Waals surface area contributed by atoms with Gasteiger partial charge in [-0.3, -0.25) is 4.57 Å². The number of hydrogen-bond acceptors (Lipinski definition) is 7. The number of aliphatic hydroxyl groups is 4. The molecule has 0 saturated carbocycles. The van der Waals surface area contributed by atoms with Crippen molar-refractivity contribution in [2.45, 2.75) is 49.2 Å². The first-order valence-corrected chi connectivity index (χ1v) is 7.32. The second-order valence-corrected chi connectivity index (χ2v) is 6.73. The molecule has 8 nitrogen and oxygen atoms in total. The average Bonchev–Trinajstić information content (AvgIpc) is 2.63. The molecule has 2 rings (SSSR count). The lowest BCUT2D eigenvalue weighted by Crippen LogP contribution is -2.57. The van der Waals surface area contributed by atoms with Crippen molar-refractivity contribution in [2.24, 2.45) is 0 Å². The van der Waals surface area contributed by atoms with Gasteiger partial charge in [0.15, 0.2) is 6.29 Å². The van der Waals surface area contributed by atoms with Gasteiger partial charge in [0, 0.05) is 0 Å². The number of aliphatic hydroxyl groups excluding tert-OH is 4. The van der Waals surface area contributed by atoms with E-state index in [2.05, 4.69) is 0 Å². The van der Waals surface area contributed by atoms with Crippen molar-refractivity contribution in [3.63, 3.8) is 0 Å². The molecule has 2 saturated heterocycles. The topological polar surface area (TPSA) is 137 Å². The third-order valence-corrected chi connectivity index (χ3v) is 5.32. The normalized spacial score (nSPS) is 53.6. The zero-order valence-corrected chi connectivity index (χ0v) is 10.4. The third-order valence-electron chi connectivity index (χ3n) is 3.38. The van der Waals surface area contributed by atoms with Crippen LogP contribution in [0.5, 0.6) is 0 Å². The zero-order chi connectivity index (χ0) is 13.5. The second-order valence-electron chi connectivity index (χ2n) is 4.61. The van der Waals surface area contributed by atoms with Crippen molar-refractivity contribution in [2.75, 3.05) is 6.61 Å². The molecule has 5 N–H and O–H groups in total. The van der Waals surface area contributed by atoms with Crippen molar-refractivity contribution < 1.29 is 39.1 Å². The lowest BCUT2D eigenvalue weighted by Gasteiger charge is -2.39. The first-order chi connectivity index (χ1) is 8.33. The second kappa shape index (κ2) is 5.15. The Hall–Kier alpha value is -0.0500. The van der Waals surface area contributed by atoms with E-state index in [-0.39, 0.29) is 13.0 Å². The lowest BCUT2D eigenvalue weighted by atomic mass is 9.95. The van der Waals surface area contributed by atoms with E-state index in [1.165, 1.54) is 0 Å². The zero-order valence-electron chi connectivity index (χ0n) is 9.49. The van der Waals surface area contributed by atoms with Crippen molar-refractivity contribution in [3.8, 4) is 0 Å². The molecule has 7 atom stereocenters. The highest BCUT2D eigenvalue weighted by atomic mass is 31.2. The summed E-state index contributed by atoms with van der Waals surface area (Å²) >= 11 is 0. The van der Waals surface area contributed by atoms with Crippen LogP contribution < -0.4 is 0 Å². The summed E-state index contributed by atoms with van der Waals surface area (Å²) in [7, 11) is -3.72. The van der Waals surface area contributed by atoms with Crippen LogP contribution in [-0.2, 0) is 13.8 Å². The molecule has 2 aliphatic heterocycles. The Morgan fingerprint density at radius 2 is 1.78 bits per heavy atom. The molecule has 18 heavy (non-hydrogen) atoms. The van der Waals surface area contributed by atoms with Crippen LogP contribution in [0.2, 0.25) is 0 Å². The van der Waals surface area contributed by atoms with Gasteiger partial charge in [0.1, 0.15) is 18.3 Å². The summed E-state index contributed by atoms with van der Waals surface area (Å²) in [5.41, 5.74) is -0.702. The van der Waals surface area contributed by atoms with Crippen molar-refractivity contribution in [3.05, 3.63) is 0 Å². The van der Waals surface area contributed by atoms with E-state index in [0.29, 0.717) is 6.42 Å². The Balaban J connectivity index is 2.03. The van der Waals surface area contributed by atoms with Crippen molar-refractivity contribution in [1.29, 1.82) is 0 Å². The van der Waals surface area contributed by atoms with Crippen LogP contribution in [0.4, 0.5) is 0 Å². The van der Waals surface area contributed by atoms with E-state index in [0.717, 1.165) is 0 Å². The summed E-state index contributed by atoms with van der Waals surface area (Å²) in [5.74, 6) is 0. The molecule has 0 amide bonds. The van der Waals surface area contributed by atoms with E-state index in [1.54, 1.807) is 0 Å². The van der Waals surface area contributed by atoms with Crippen LogP contribution in [0.1, 0.15) is 12.8 Å². The van der Waals surface area contributed by atoms with Crippen LogP contribution in [0, 0.1) is 0 Å². The fraction of sp³-hybridized carbons (Fsp3) is 1.00. The third kappa shape index (κ3) is 2.61. The SMILES string of the molecule is O=P1(O)OCCC1C[C@H]1O[C@H](O)[C@@H](O)[C@@H](O)[C@@H]1O. The quantitative estimate of drug-likeness (QED) is 0.373. The highest BCUT2D eigenvalue weighted by Gasteiger charge is 2.47. The largest absolute Gasteiger partial charge is 0.388 e. The molecule has 2 unspecified atom stereocenters. The minimum absolute atomic E-state index is 0.0320. The van der Waals surface area contributed by atoms with Gasteiger partial charge in [0.2, 0.25) is 0 Å². The molecule has 9 heteroatoms. The maximum Gasteiger partial charge on any atom is 0.331 e. The molecule has 0 radical (unpaired) electrons. The van der Waals surface area contributed by atoms with E-state index in [9.17, 15) is 29.9 Å². The van der Waals surface area contributed by atoms with Gasteiger partial charge >= 0.3 is 7.60 Å². The van der Waals surface area contributed by atoms with E-state index in [1.807, 2.05) is 0 Å². The predicted octanol–water partition coefficient (Wildman–Crippen LogP) is -1.85. The maximum absolute atomic E-state index is 11.6. The number of ether oxygens (including phenoxy) is 1. The van der Waals surface area contributed by atoms with E-state index in [4.69, 9.17) is 9.26 Å². The van der Waals surface area contributed by atoms with Gasteiger partial charge in [-0.05, 0) is 12.8 Å². The summed E-state index contributed by atoms with van der Waals surface area (Å²) in [6, 6.07) is 0. The molecule has 2 aliphatic rings. The molecule has 0 aliphatic carbocycles. The van der Waals surface area contributed by atoms with Gasteiger partial charge in [-0.25, -0.2) is 0 Å². The fourth-order valence-corrected chi connectivity index (χ4v) is 3.72. The Morgan fingerprint density at radius 1 is 1.11 bits per heavy atom. The highest BCUT2D eigenvalue weighted by molar-refractivity contribution is 7.53. The average molecular weight is 284 g/mol.